The summed E-state index contributed by atoms with van der Waals surface area (Å²) in [6, 6.07) is 0. The summed E-state index contributed by atoms with van der Waals surface area (Å²) < 4.78 is 27.1. The number of halogens is 1. The molecule has 4 rings (SSSR count). The number of nitrogens with zero attached hydrogens (tertiary/aromatic N) is 7. The third kappa shape index (κ3) is 6.59. The number of fused-ring (bicyclic) bond motifs is 1. The van der Waals surface area contributed by atoms with E-state index in [1.807, 2.05) is 6.92 Å². The SMILES string of the molecule is CCCCCOC(=O)Nc1nc(=O)n([C@@H]2O[C@H](C)[C@@H](O)[C@H]2O)cc1F.Cn1nnc2c(C(N)=O)ncn2c1=O. The molecule has 4 atom stereocenters. The van der Waals surface area contributed by atoms with Gasteiger partial charge >= 0.3 is 17.5 Å². The van der Waals surface area contributed by atoms with Crippen LogP contribution in [0, 0.1) is 5.82 Å². The summed E-state index contributed by atoms with van der Waals surface area (Å²) in [7, 11) is 1.44. The summed E-state index contributed by atoms with van der Waals surface area (Å²) in [5.74, 6) is -2.33. The second kappa shape index (κ2) is 12.5. The van der Waals surface area contributed by atoms with Crippen LogP contribution in [0.2, 0.25) is 0 Å². The molecule has 18 heteroatoms. The fraction of sp³-hybridized carbons (Fsp3) is 0.524. The van der Waals surface area contributed by atoms with E-state index in [-0.39, 0.29) is 17.9 Å². The van der Waals surface area contributed by atoms with E-state index >= 15 is 0 Å². The highest BCUT2D eigenvalue weighted by molar-refractivity contribution is 5.96. The van der Waals surface area contributed by atoms with Crippen molar-refractivity contribution in [1.82, 2.24) is 33.9 Å². The Labute approximate surface area is 219 Å². The van der Waals surface area contributed by atoms with Crippen molar-refractivity contribution in [1.29, 1.82) is 0 Å². The number of ether oxygens (including phenoxy) is 2. The number of nitrogens with two attached hydrogens (primary N) is 1. The minimum atomic E-state index is -1.41. The zero-order valence-electron chi connectivity index (χ0n) is 21.2. The van der Waals surface area contributed by atoms with Crippen LogP contribution in [-0.2, 0) is 16.5 Å². The van der Waals surface area contributed by atoms with E-state index in [0.29, 0.717) is 6.42 Å². The molecule has 3 aromatic heterocycles. The average Bonchev–Trinajstić information content (AvgIpc) is 3.44. The quantitative estimate of drug-likeness (QED) is 0.250. The molecule has 0 aromatic carbocycles. The molecule has 0 radical (unpaired) electrons. The fourth-order valence-corrected chi connectivity index (χ4v) is 3.48. The van der Waals surface area contributed by atoms with E-state index in [4.69, 9.17) is 15.2 Å². The number of unbranched alkanes of at least 4 members (excludes halogenated alkanes) is 2. The Hall–Kier alpha value is -4.29. The van der Waals surface area contributed by atoms with Crippen molar-refractivity contribution in [2.45, 2.75) is 57.6 Å². The summed E-state index contributed by atoms with van der Waals surface area (Å²) >= 11 is 0. The molecule has 212 valence electrons. The Morgan fingerprint density at radius 2 is 1.97 bits per heavy atom. The largest absolute Gasteiger partial charge is 0.449 e. The number of nitrogens with one attached hydrogen (secondary N) is 1. The van der Waals surface area contributed by atoms with Crippen LogP contribution in [0.15, 0.2) is 22.1 Å². The van der Waals surface area contributed by atoms with Gasteiger partial charge in [0.25, 0.3) is 5.91 Å². The number of aliphatic hydroxyl groups excluding tert-OH is 2. The standard InChI is InChI=1S/C15H22FN3O6.C6H6N6O2/c1-3-4-5-6-24-15(23)18-12-9(16)7-19(14(22)17-12)13-11(21)10(20)8(2)25-13;1-11-6(14)12-2-8-3(4(7)13)5(12)9-10-11/h7-8,10-11,13,20-21H,3-6H2,1-2H3,(H,17,18,22,23);2H,1H3,(H2,7,13)/t8-,10-,11-,13-;/m1./s1. The van der Waals surface area contributed by atoms with Crippen LogP contribution in [0.4, 0.5) is 15.0 Å². The molecule has 1 fully saturated rings. The van der Waals surface area contributed by atoms with Crippen molar-refractivity contribution in [2.24, 2.45) is 12.8 Å². The van der Waals surface area contributed by atoms with Crippen LogP contribution in [0.5, 0.6) is 0 Å². The lowest BCUT2D eigenvalue weighted by molar-refractivity contribution is -0.0355. The zero-order valence-corrected chi connectivity index (χ0v) is 21.2. The monoisotopic (exact) mass is 553 g/mol. The lowest BCUT2D eigenvalue weighted by atomic mass is 10.1. The first-order chi connectivity index (χ1) is 18.5. The molecule has 17 nitrogen and oxygen atoms in total. The second-order valence-electron chi connectivity index (χ2n) is 8.45. The van der Waals surface area contributed by atoms with Crippen molar-refractivity contribution < 1.29 is 33.7 Å². The number of aromatic nitrogens is 7. The van der Waals surface area contributed by atoms with E-state index in [1.165, 1.54) is 20.3 Å². The summed E-state index contributed by atoms with van der Waals surface area (Å²) in [6.45, 7) is 3.68. The Morgan fingerprint density at radius 1 is 1.26 bits per heavy atom. The Balaban J connectivity index is 0.000000252. The molecule has 4 heterocycles. The zero-order chi connectivity index (χ0) is 28.9. The fourth-order valence-electron chi connectivity index (χ4n) is 3.48. The normalized spacial score (nSPS) is 20.4. The van der Waals surface area contributed by atoms with E-state index in [0.717, 1.165) is 32.7 Å². The molecule has 0 unspecified atom stereocenters. The van der Waals surface area contributed by atoms with Crippen molar-refractivity contribution in [3.8, 4) is 0 Å². The maximum atomic E-state index is 14.1. The molecule has 2 amide bonds. The van der Waals surface area contributed by atoms with Crippen molar-refractivity contribution in [3.05, 3.63) is 45.0 Å². The van der Waals surface area contributed by atoms with E-state index in [9.17, 15) is 33.8 Å². The minimum absolute atomic E-state index is 0.0600. The molecule has 0 bridgehead atoms. The van der Waals surface area contributed by atoms with Gasteiger partial charge in [-0.05, 0) is 13.3 Å². The van der Waals surface area contributed by atoms with Crippen LogP contribution < -0.4 is 22.4 Å². The predicted molar refractivity (Wildman–Crippen MR) is 129 cm³/mol. The van der Waals surface area contributed by atoms with Gasteiger partial charge in [0.2, 0.25) is 0 Å². The van der Waals surface area contributed by atoms with Gasteiger partial charge in [0.15, 0.2) is 29.2 Å². The lowest BCUT2D eigenvalue weighted by Crippen LogP contribution is -2.36. The van der Waals surface area contributed by atoms with Crippen LogP contribution in [0.25, 0.3) is 5.65 Å². The van der Waals surface area contributed by atoms with Gasteiger partial charge in [0, 0.05) is 7.05 Å². The third-order valence-electron chi connectivity index (χ3n) is 5.59. The van der Waals surface area contributed by atoms with Gasteiger partial charge in [-0.1, -0.05) is 25.0 Å². The van der Waals surface area contributed by atoms with E-state index in [2.05, 4.69) is 25.6 Å². The molecule has 39 heavy (non-hydrogen) atoms. The smallest absolute Gasteiger partial charge is 0.412 e. The number of carbonyl (C=O) groups excluding carboxylic acids is 2. The van der Waals surface area contributed by atoms with Gasteiger partial charge in [-0.2, -0.15) is 9.67 Å². The maximum absolute atomic E-state index is 14.1. The van der Waals surface area contributed by atoms with E-state index in [1.54, 1.807) is 0 Å². The first-order valence-corrected chi connectivity index (χ1v) is 11.8. The van der Waals surface area contributed by atoms with Gasteiger partial charge < -0.3 is 25.4 Å². The highest BCUT2D eigenvalue weighted by atomic mass is 19.1. The Bertz CT molecular complexity index is 1460. The number of hydrogen-bond donors (Lipinski definition) is 4. The van der Waals surface area contributed by atoms with Gasteiger partial charge in [-0.3, -0.25) is 14.7 Å². The highest BCUT2D eigenvalue weighted by Gasteiger charge is 2.42. The van der Waals surface area contributed by atoms with Gasteiger partial charge in [0.1, 0.15) is 18.5 Å². The molecule has 0 saturated carbocycles. The molecule has 5 N–H and O–H groups in total. The molecule has 1 aliphatic heterocycles. The number of aryl methyl sites for hydroxylation is 1. The summed E-state index contributed by atoms with van der Waals surface area (Å²) in [4.78, 5) is 53.0. The number of carbonyl (C=O) groups is 2. The number of amides is 2. The molecule has 1 aliphatic rings. The van der Waals surface area contributed by atoms with Crippen LogP contribution in [-0.4, -0.2) is 81.1 Å². The average molecular weight is 554 g/mol. The number of primary amides is 1. The van der Waals surface area contributed by atoms with Gasteiger partial charge in [-0.25, -0.2) is 28.2 Å². The highest BCUT2D eigenvalue weighted by Crippen LogP contribution is 2.28. The van der Waals surface area contributed by atoms with E-state index < -0.39 is 59.6 Å². The van der Waals surface area contributed by atoms with Crippen LogP contribution in [0.3, 0.4) is 0 Å². The minimum Gasteiger partial charge on any atom is -0.449 e. The van der Waals surface area contributed by atoms with Gasteiger partial charge in [-0.15, -0.1) is 5.10 Å². The lowest BCUT2D eigenvalue weighted by Gasteiger charge is -2.17. The van der Waals surface area contributed by atoms with Crippen molar-refractivity contribution >= 4 is 23.5 Å². The number of rotatable bonds is 7. The van der Waals surface area contributed by atoms with Crippen molar-refractivity contribution in [3.63, 3.8) is 0 Å². The van der Waals surface area contributed by atoms with Crippen LogP contribution >= 0.6 is 0 Å². The predicted octanol–water partition coefficient (Wildman–Crippen LogP) is -1.32. The summed E-state index contributed by atoms with van der Waals surface area (Å²) in [6.07, 6.45) is -1.06. The summed E-state index contributed by atoms with van der Waals surface area (Å²) in [5.41, 5.74) is 3.64. The number of anilines is 1. The molecular weight excluding hydrogens is 525 g/mol. The first kappa shape index (κ1) is 29.3. The maximum Gasteiger partial charge on any atom is 0.412 e. The first-order valence-electron chi connectivity index (χ1n) is 11.8. The Morgan fingerprint density at radius 3 is 2.59 bits per heavy atom. The summed E-state index contributed by atoms with van der Waals surface area (Å²) in [5, 5.41) is 28.8. The molecule has 1 saturated heterocycles. The van der Waals surface area contributed by atoms with Crippen molar-refractivity contribution in [2.75, 3.05) is 11.9 Å². The number of hydrogen-bond acceptors (Lipinski definition) is 12. The third-order valence-corrected chi connectivity index (χ3v) is 5.59. The molecular formula is C21H28FN9O8. The van der Waals surface area contributed by atoms with Crippen LogP contribution in [0.1, 0.15) is 49.8 Å². The topological polar surface area (TPSA) is 231 Å². The van der Waals surface area contributed by atoms with Gasteiger partial charge in [0.05, 0.1) is 18.9 Å². The Kier molecular flexibility index (Phi) is 9.38. The second-order valence-corrected chi connectivity index (χ2v) is 8.45. The molecule has 0 spiro atoms. The number of aliphatic hydroxyl groups is 2. The molecule has 0 aliphatic carbocycles. The number of imidazole rings is 1. The molecule has 3 aromatic rings.